The van der Waals surface area contributed by atoms with Crippen LogP contribution in [0.1, 0.15) is 78.1 Å². The number of aliphatic hydroxyl groups excluding tert-OH is 2. The first-order valence-corrected chi connectivity index (χ1v) is 14.9. The standard InChI is InChI=1S/C30H46O9/c1-17-26(33)23(36-3)13-25(38-17)39-19-4-9-28(16-31)21-5-8-27(2)20(18-12-24(32)37-15-18)7-11-30(27,35)22(21)6-10-29(28,34)14-19/h12,17,19-23,25-26,31,33-35H,4-11,13-16H2,1-3H3/t17-,19+,20-,21?,22?,23+,25+,26-,27?,28?,29?,30?/m1/s1. The van der Waals surface area contributed by atoms with E-state index in [-0.39, 0.29) is 48.0 Å². The van der Waals surface area contributed by atoms with Crippen LogP contribution < -0.4 is 0 Å². The number of fused-ring (bicyclic) bond motifs is 5. The van der Waals surface area contributed by atoms with Gasteiger partial charge in [0.25, 0.3) is 0 Å². The van der Waals surface area contributed by atoms with E-state index in [1.54, 1.807) is 13.2 Å². The third kappa shape index (κ3) is 4.02. The highest BCUT2D eigenvalue weighted by atomic mass is 16.7. The van der Waals surface area contributed by atoms with Crippen LogP contribution in [0.5, 0.6) is 0 Å². The molecule has 4 saturated carbocycles. The van der Waals surface area contributed by atoms with Crippen LogP contribution in [0.25, 0.3) is 0 Å². The molecule has 6 rings (SSSR count). The number of carbonyl (C=O) groups is 1. The number of methoxy groups -OCH3 is 1. The molecule has 9 heteroatoms. The Hall–Kier alpha value is -1.07. The molecule has 12 atom stereocenters. The minimum Gasteiger partial charge on any atom is -0.458 e. The predicted octanol–water partition coefficient (Wildman–Crippen LogP) is 2.23. The summed E-state index contributed by atoms with van der Waals surface area (Å²) in [6.07, 6.45) is 5.82. The smallest absolute Gasteiger partial charge is 0.331 e. The van der Waals surface area contributed by atoms with E-state index in [1.165, 1.54) is 0 Å². The lowest BCUT2D eigenvalue weighted by Gasteiger charge is -2.66. The van der Waals surface area contributed by atoms with Gasteiger partial charge in [-0.1, -0.05) is 6.92 Å². The van der Waals surface area contributed by atoms with Gasteiger partial charge in [-0.05, 0) is 81.6 Å². The van der Waals surface area contributed by atoms with Gasteiger partial charge < -0.3 is 39.4 Å². The number of ether oxygens (including phenoxy) is 4. The Morgan fingerprint density at radius 2 is 1.85 bits per heavy atom. The van der Waals surface area contributed by atoms with E-state index in [0.29, 0.717) is 51.6 Å². The van der Waals surface area contributed by atoms with Crippen molar-refractivity contribution >= 4 is 5.97 Å². The number of aliphatic hydroxyl groups is 4. The monoisotopic (exact) mass is 550 g/mol. The van der Waals surface area contributed by atoms with Gasteiger partial charge in [-0.15, -0.1) is 0 Å². The van der Waals surface area contributed by atoms with Crippen LogP contribution >= 0.6 is 0 Å². The highest BCUT2D eigenvalue weighted by Gasteiger charge is 2.71. The zero-order valence-electron chi connectivity index (χ0n) is 23.5. The molecule has 39 heavy (non-hydrogen) atoms. The molecule has 1 saturated heterocycles. The summed E-state index contributed by atoms with van der Waals surface area (Å²) in [6.45, 7) is 4.19. The fourth-order valence-corrected chi connectivity index (χ4v) is 10.2. The summed E-state index contributed by atoms with van der Waals surface area (Å²) in [5.41, 5.74) is -2.06. The van der Waals surface area contributed by atoms with Crippen molar-refractivity contribution < 1.29 is 44.2 Å². The van der Waals surface area contributed by atoms with Crippen molar-refractivity contribution in [2.75, 3.05) is 20.3 Å². The zero-order valence-corrected chi connectivity index (χ0v) is 23.5. The van der Waals surface area contributed by atoms with Crippen molar-refractivity contribution in [3.63, 3.8) is 0 Å². The molecular formula is C30H46O9. The van der Waals surface area contributed by atoms with E-state index in [1.807, 2.05) is 6.92 Å². The van der Waals surface area contributed by atoms with Crippen molar-refractivity contribution in [1.29, 1.82) is 0 Å². The fourth-order valence-electron chi connectivity index (χ4n) is 10.2. The molecule has 0 bridgehead atoms. The van der Waals surface area contributed by atoms with Crippen LogP contribution in [0, 0.1) is 28.6 Å². The molecule has 9 nitrogen and oxygen atoms in total. The van der Waals surface area contributed by atoms with Crippen LogP contribution in [-0.2, 0) is 23.7 Å². The van der Waals surface area contributed by atoms with E-state index in [4.69, 9.17) is 18.9 Å². The quantitative estimate of drug-likeness (QED) is 0.300. The largest absolute Gasteiger partial charge is 0.458 e. The Bertz CT molecular complexity index is 1000. The third-order valence-electron chi connectivity index (χ3n) is 12.3. The van der Waals surface area contributed by atoms with E-state index in [2.05, 4.69) is 6.92 Å². The maximum atomic E-state index is 12.4. The number of carbonyl (C=O) groups excluding carboxylic acids is 1. The Morgan fingerprint density at radius 3 is 2.54 bits per heavy atom. The summed E-state index contributed by atoms with van der Waals surface area (Å²) in [7, 11) is 1.58. The van der Waals surface area contributed by atoms with Gasteiger partial charge in [0.2, 0.25) is 0 Å². The van der Waals surface area contributed by atoms with E-state index in [9.17, 15) is 25.2 Å². The zero-order chi connectivity index (χ0) is 27.8. The van der Waals surface area contributed by atoms with E-state index >= 15 is 0 Å². The highest BCUT2D eigenvalue weighted by Crippen LogP contribution is 2.70. The van der Waals surface area contributed by atoms with Gasteiger partial charge in [-0.3, -0.25) is 0 Å². The molecule has 2 heterocycles. The van der Waals surface area contributed by atoms with Crippen LogP contribution in [0.3, 0.4) is 0 Å². The minimum atomic E-state index is -1.09. The number of cyclic esters (lactones) is 1. The SMILES string of the molecule is CO[C@H]1C[C@H](O[C@H]2CCC3(CO)C4CCC5(C)[C@@H](C6=CC(=O)OC6)CCC5(O)C4CCC3(O)C2)O[C@H](C)[C@H]1O. The maximum Gasteiger partial charge on any atom is 0.331 e. The molecule has 0 aromatic heterocycles. The molecular weight excluding hydrogens is 504 g/mol. The topological polar surface area (TPSA) is 135 Å². The number of hydrogen-bond donors (Lipinski definition) is 4. The van der Waals surface area contributed by atoms with Crippen molar-refractivity contribution in [2.45, 2.75) is 120 Å². The van der Waals surface area contributed by atoms with E-state index < -0.39 is 35.1 Å². The molecule has 6 unspecified atom stereocenters. The average molecular weight is 551 g/mol. The van der Waals surface area contributed by atoms with Gasteiger partial charge in [0.15, 0.2) is 6.29 Å². The lowest BCUT2D eigenvalue weighted by Crippen LogP contribution is -2.69. The molecule has 0 radical (unpaired) electrons. The Kier molecular flexibility index (Phi) is 7.02. The Labute approximate surface area is 230 Å². The first-order valence-electron chi connectivity index (χ1n) is 14.9. The van der Waals surface area contributed by atoms with Gasteiger partial charge >= 0.3 is 5.97 Å². The van der Waals surface area contributed by atoms with Crippen LogP contribution in [0.2, 0.25) is 0 Å². The Morgan fingerprint density at radius 1 is 1.08 bits per heavy atom. The summed E-state index contributed by atoms with van der Waals surface area (Å²) in [5.74, 6) is -0.192. The molecule has 0 aromatic carbocycles. The van der Waals surface area contributed by atoms with Gasteiger partial charge in [0.1, 0.15) is 12.7 Å². The van der Waals surface area contributed by atoms with Crippen LogP contribution in [0.15, 0.2) is 11.6 Å². The number of hydrogen-bond acceptors (Lipinski definition) is 9. The summed E-state index contributed by atoms with van der Waals surface area (Å²) in [6, 6.07) is 0. The lowest BCUT2D eigenvalue weighted by atomic mass is 9.41. The molecule has 0 amide bonds. The fraction of sp³-hybridized carbons (Fsp3) is 0.900. The third-order valence-corrected chi connectivity index (χ3v) is 12.3. The molecule has 2 aliphatic heterocycles. The summed E-state index contributed by atoms with van der Waals surface area (Å²) < 4.78 is 23.0. The van der Waals surface area contributed by atoms with Gasteiger partial charge in [-0.2, -0.15) is 0 Å². The molecule has 4 N–H and O–H groups in total. The summed E-state index contributed by atoms with van der Waals surface area (Å²) in [4.78, 5) is 11.8. The summed E-state index contributed by atoms with van der Waals surface area (Å²) in [5, 5.41) is 45.9. The number of esters is 1. The van der Waals surface area contributed by atoms with Crippen molar-refractivity contribution in [3.8, 4) is 0 Å². The Balaban J connectivity index is 1.20. The minimum absolute atomic E-state index is 0.00781. The van der Waals surface area contributed by atoms with Gasteiger partial charge in [-0.25, -0.2) is 4.79 Å². The van der Waals surface area contributed by atoms with Crippen molar-refractivity contribution in [1.82, 2.24) is 0 Å². The normalized spacial score (nSPS) is 53.4. The second-order valence-corrected chi connectivity index (χ2v) is 13.7. The molecule has 5 fully saturated rings. The average Bonchev–Trinajstić information content (AvgIpc) is 3.45. The van der Waals surface area contributed by atoms with Crippen molar-refractivity contribution in [2.24, 2.45) is 28.6 Å². The summed E-state index contributed by atoms with van der Waals surface area (Å²) >= 11 is 0. The van der Waals surface area contributed by atoms with Gasteiger partial charge in [0.05, 0.1) is 36.1 Å². The maximum absolute atomic E-state index is 12.4. The number of rotatable bonds is 5. The molecule has 6 aliphatic rings. The molecule has 0 spiro atoms. The molecule has 0 aromatic rings. The van der Waals surface area contributed by atoms with Crippen LogP contribution in [-0.4, -0.2) is 88.6 Å². The highest BCUT2D eigenvalue weighted by molar-refractivity contribution is 5.85. The second-order valence-electron chi connectivity index (χ2n) is 13.7. The van der Waals surface area contributed by atoms with E-state index in [0.717, 1.165) is 24.8 Å². The molecule has 4 aliphatic carbocycles. The van der Waals surface area contributed by atoms with Crippen LogP contribution in [0.4, 0.5) is 0 Å². The second kappa shape index (κ2) is 9.75. The van der Waals surface area contributed by atoms with Crippen molar-refractivity contribution in [3.05, 3.63) is 11.6 Å². The first-order chi connectivity index (χ1) is 18.5. The predicted molar refractivity (Wildman–Crippen MR) is 139 cm³/mol. The van der Waals surface area contributed by atoms with Gasteiger partial charge in [0, 0.05) is 36.9 Å². The first kappa shape index (κ1) is 28.1. The lowest BCUT2D eigenvalue weighted by molar-refractivity contribution is -0.298. The molecule has 220 valence electrons.